The first-order valence-electron chi connectivity index (χ1n) is 6.30. The number of benzene rings is 2. The summed E-state index contributed by atoms with van der Waals surface area (Å²) in [4.78, 5) is 12.2. The average molecular weight is 299 g/mol. The van der Waals surface area contributed by atoms with E-state index in [0.717, 1.165) is 5.56 Å². The number of methoxy groups -OCH3 is 1. The van der Waals surface area contributed by atoms with E-state index >= 15 is 0 Å². The van der Waals surface area contributed by atoms with Crippen LogP contribution in [-0.2, 0) is 4.74 Å². The Balaban J connectivity index is 2.31. The lowest BCUT2D eigenvalue weighted by molar-refractivity contribution is 0.0603. The van der Waals surface area contributed by atoms with Crippen LogP contribution in [0.3, 0.4) is 0 Å². The number of hydrogen-bond acceptors (Lipinski definition) is 4. The second-order valence-electron chi connectivity index (χ2n) is 4.44. The van der Waals surface area contributed by atoms with Gasteiger partial charge in [-0.1, -0.05) is 41.9 Å². The van der Waals surface area contributed by atoms with Crippen LogP contribution in [0.1, 0.15) is 10.4 Å². The number of ether oxygens (including phenoxy) is 1. The zero-order valence-corrected chi connectivity index (χ0v) is 12.0. The molecule has 5 heteroatoms. The fraction of sp³-hybridized carbons (Fsp3) is 0.0625. The lowest BCUT2D eigenvalue weighted by Gasteiger charge is -2.09. The third-order valence-corrected chi connectivity index (χ3v) is 3.43. The Morgan fingerprint density at radius 2 is 1.76 bits per heavy atom. The molecule has 3 aromatic rings. The molecule has 0 radical (unpaired) electrons. The van der Waals surface area contributed by atoms with Crippen molar-refractivity contribution in [3.63, 3.8) is 0 Å². The highest BCUT2D eigenvalue weighted by Crippen LogP contribution is 2.28. The maximum atomic E-state index is 12.2. The maximum Gasteiger partial charge on any atom is 0.340 e. The fourth-order valence-corrected chi connectivity index (χ4v) is 2.30. The third-order valence-electron chi connectivity index (χ3n) is 3.18. The minimum atomic E-state index is -0.439. The van der Waals surface area contributed by atoms with Crippen molar-refractivity contribution in [2.75, 3.05) is 7.11 Å². The van der Waals surface area contributed by atoms with Crippen molar-refractivity contribution >= 4 is 28.5 Å². The van der Waals surface area contributed by atoms with Crippen molar-refractivity contribution in [2.24, 2.45) is 0 Å². The highest BCUT2D eigenvalue weighted by atomic mass is 35.5. The van der Waals surface area contributed by atoms with Crippen LogP contribution in [0.15, 0.2) is 48.5 Å². The van der Waals surface area contributed by atoms with Crippen molar-refractivity contribution in [1.29, 1.82) is 0 Å². The molecule has 2 aromatic carbocycles. The number of aromatic nitrogens is 2. The van der Waals surface area contributed by atoms with E-state index in [2.05, 4.69) is 10.2 Å². The zero-order valence-electron chi connectivity index (χ0n) is 11.2. The summed E-state index contributed by atoms with van der Waals surface area (Å²) in [5.74, 6) is -0.439. The molecule has 0 aliphatic heterocycles. The molecule has 0 aliphatic rings. The Morgan fingerprint density at radius 1 is 1.05 bits per heavy atom. The molecule has 104 valence electrons. The van der Waals surface area contributed by atoms with Gasteiger partial charge in [-0.2, -0.15) is 0 Å². The molecular formula is C16H11ClN2O2. The van der Waals surface area contributed by atoms with Crippen LogP contribution in [0.4, 0.5) is 0 Å². The molecular weight excluding hydrogens is 288 g/mol. The van der Waals surface area contributed by atoms with E-state index in [1.807, 2.05) is 18.2 Å². The van der Waals surface area contributed by atoms with Gasteiger partial charge < -0.3 is 4.74 Å². The number of carbonyl (C=O) groups is 1. The molecule has 21 heavy (non-hydrogen) atoms. The maximum absolute atomic E-state index is 12.2. The second-order valence-corrected chi connectivity index (χ2v) is 4.88. The molecule has 3 rings (SSSR count). The minimum Gasteiger partial charge on any atom is -0.465 e. The van der Waals surface area contributed by atoms with Gasteiger partial charge >= 0.3 is 5.97 Å². The highest BCUT2D eigenvalue weighted by molar-refractivity contribution is 6.30. The summed E-state index contributed by atoms with van der Waals surface area (Å²) in [5, 5.41) is 9.68. The van der Waals surface area contributed by atoms with Gasteiger partial charge in [0.25, 0.3) is 0 Å². The van der Waals surface area contributed by atoms with Gasteiger partial charge in [-0.25, -0.2) is 4.79 Å². The molecule has 0 unspecified atom stereocenters. The summed E-state index contributed by atoms with van der Waals surface area (Å²) in [7, 11) is 1.35. The molecule has 0 bridgehead atoms. The monoisotopic (exact) mass is 298 g/mol. The van der Waals surface area contributed by atoms with E-state index in [4.69, 9.17) is 16.3 Å². The minimum absolute atomic E-state index is 0.408. The predicted octanol–water partition coefficient (Wildman–Crippen LogP) is 3.74. The largest absolute Gasteiger partial charge is 0.465 e. The molecule has 0 saturated heterocycles. The summed E-state index contributed by atoms with van der Waals surface area (Å²) < 4.78 is 4.90. The van der Waals surface area contributed by atoms with Gasteiger partial charge in [0.15, 0.2) is 0 Å². The van der Waals surface area contributed by atoms with Gasteiger partial charge in [0, 0.05) is 16.0 Å². The Bertz CT molecular complexity index is 816. The van der Waals surface area contributed by atoms with Crippen molar-refractivity contribution in [3.05, 3.63) is 59.1 Å². The van der Waals surface area contributed by atoms with Crippen molar-refractivity contribution in [3.8, 4) is 11.3 Å². The van der Waals surface area contributed by atoms with Crippen LogP contribution < -0.4 is 0 Å². The van der Waals surface area contributed by atoms with Gasteiger partial charge in [-0.15, -0.1) is 10.2 Å². The molecule has 0 spiro atoms. The van der Waals surface area contributed by atoms with Gasteiger partial charge in [0.05, 0.1) is 18.2 Å². The third kappa shape index (κ3) is 2.45. The molecule has 0 fully saturated rings. The van der Waals surface area contributed by atoms with Crippen LogP contribution in [-0.4, -0.2) is 23.3 Å². The predicted molar refractivity (Wildman–Crippen MR) is 81.3 cm³/mol. The number of hydrogen-bond donors (Lipinski definition) is 0. The van der Waals surface area contributed by atoms with E-state index in [1.165, 1.54) is 7.11 Å². The van der Waals surface area contributed by atoms with Crippen molar-refractivity contribution < 1.29 is 9.53 Å². The van der Waals surface area contributed by atoms with E-state index < -0.39 is 5.97 Å². The van der Waals surface area contributed by atoms with E-state index in [0.29, 0.717) is 27.2 Å². The van der Waals surface area contributed by atoms with Crippen LogP contribution in [0.25, 0.3) is 22.2 Å². The Hall–Kier alpha value is -2.46. The molecule has 0 amide bonds. The van der Waals surface area contributed by atoms with Crippen LogP contribution in [0, 0.1) is 0 Å². The number of nitrogens with zero attached hydrogens (tertiary/aromatic N) is 2. The van der Waals surface area contributed by atoms with Crippen LogP contribution in [0.2, 0.25) is 5.02 Å². The molecule has 0 saturated carbocycles. The molecule has 4 nitrogen and oxygen atoms in total. The number of esters is 1. The summed E-state index contributed by atoms with van der Waals surface area (Å²) in [5.41, 5.74) is 2.30. The van der Waals surface area contributed by atoms with Gasteiger partial charge in [-0.05, 0) is 18.2 Å². The van der Waals surface area contributed by atoms with Crippen molar-refractivity contribution in [1.82, 2.24) is 10.2 Å². The number of rotatable bonds is 2. The fourth-order valence-electron chi connectivity index (χ4n) is 2.17. The SMILES string of the molecule is COC(=O)c1c(-c2ccc(Cl)cc2)nnc2ccccc12. The lowest BCUT2D eigenvalue weighted by atomic mass is 10.0. The first kappa shape index (κ1) is 13.5. The molecule has 1 heterocycles. The summed E-state index contributed by atoms with van der Waals surface area (Å²) in [6.45, 7) is 0. The standard InChI is InChI=1S/C16H11ClN2O2/c1-21-16(20)14-12-4-2-3-5-13(12)18-19-15(14)10-6-8-11(17)9-7-10/h2-9H,1H3. The summed E-state index contributed by atoms with van der Waals surface area (Å²) in [6.07, 6.45) is 0. The Morgan fingerprint density at radius 3 is 2.48 bits per heavy atom. The molecule has 1 aromatic heterocycles. The Kier molecular flexibility index (Phi) is 3.54. The van der Waals surface area contributed by atoms with E-state index in [9.17, 15) is 4.79 Å². The second kappa shape index (κ2) is 5.50. The summed E-state index contributed by atoms with van der Waals surface area (Å²) in [6, 6.07) is 14.4. The lowest BCUT2D eigenvalue weighted by Crippen LogP contribution is -2.07. The topological polar surface area (TPSA) is 52.1 Å². The number of fused-ring (bicyclic) bond motifs is 1. The first-order chi connectivity index (χ1) is 10.2. The van der Waals surface area contributed by atoms with E-state index in [-0.39, 0.29) is 0 Å². The van der Waals surface area contributed by atoms with Crippen molar-refractivity contribution in [2.45, 2.75) is 0 Å². The van der Waals surface area contributed by atoms with Crippen LogP contribution >= 0.6 is 11.6 Å². The van der Waals surface area contributed by atoms with Gasteiger partial charge in [0.1, 0.15) is 5.69 Å². The zero-order chi connectivity index (χ0) is 14.8. The first-order valence-corrected chi connectivity index (χ1v) is 6.68. The molecule has 0 aliphatic carbocycles. The molecule has 0 atom stereocenters. The number of halogens is 1. The quantitative estimate of drug-likeness (QED) is 0.676. The Labute approximate surface area is 126 Å². The smallest absolute Gasteiger partial charge is 0.340 e. The van der Waals surface area contributed by atoms with Gasteiger partial charge in [-0.3, -0.25) is 0 Å². The average Bonchev–Trinajstić information content (AvgIpc) is 2.54. The van der Waals surface area contributed by atoms with Gasteiger partial charge in [0.2, 0.25) is 0 Å². The van der Waals surface area contributed by atoms with E-state index in [1.54, 1.807) is 30.3 Å². The van der Waals surface area contributed by atoms with Crippen LogP contribution in [0.5, 0.6) is 0 Å². The molecule has 0 N–H and O–H groups in total. The normalized spacial score (nSPS) is 10.6. The highest BCUT2D eigenvalue weighted by Gasteiger charge is 2.19. The summed E-state index contributed by atoms with van der Waals surface area (Å²) >= 11 is 5.90. The number of carbonyl (C=O) groups excluding carboxylic acids is 1.